The molecule has 2 heterocycles. The van der Waals surface area contributed by atoms with Crippen LogP contribution in [-0.2, 0) is 11.8 Å². The average molecular weight is 446 g/mol. The first kappa shape index (κ1) is 20.4. The zero-order valence-corrected chi connectivity index (χ0v) is 18.3. The van der Waals surface area contributed by atoms with Crippen molar-refractivity contribution in [2.75, 3.05) is 13.1 Å². The Kier molecular flexibility index (Phi) is 4.44. The highest BCUT2D eigenvalue weighted by Gasteiger charge is 2.72. The molecule has 2 aromatic rings. The van der Waals surface area contributed by atoms with E-state index in [2.05, 4.69) is 22.0 Å². The number of rotatable bonds is 4. The average Bonchev–Trinajstić information content (AvgIpc) is 3.18. The van der Waals surface area contributed by atoms with Crippen LogP contribution >= 0.6 is 0 Å². The predicted molar refractivity (Wildman–Crippen MR) is 124 cm³/mol. The molecule has 2 aliphatic carbocycles. The summed E-state index contributed by atoms with van der Waals surface area (Å²) >= 11 is 0. The van der Waals surface area contributed by atoms with Gasteiger partial charge in [0.2, 0.25) is 0 Å². The minimum absolute atomic E-state index is 0.0706. The van der Waals surface area contributed by atoms with Gasteiger partial charge in [-0.1, -0.05) is 30.3 Å². The molecule has 4 aliphatic rings. The molecule has 6 rings (SSSR count). The van der Waals surface area contributed by atoms with Crippen LogP contribution in [0.1, 0.15) is 40.7 Å². The van der Waals surface area contributed by atoms with E-state index in [0.717, 1.165) is 17.7 Å². The third-order valence-electron chi connectivity index (χ3n) is 8.09. The Morgan fingerprint density at radius 3 is 2.88 bits per heavy atom. The number of nitrogens with one attached hydrogen (secondary N) is 1. The predicted octanol–water partition coefficient (Wildman–Crippen LogP) is 2.52. The van der Waals surface area contributed by atoms with E-state index in [-0.39, 0.29) is 17.7 Å². The normalized spacial score (nSPS) is 32.7. The molecule has 2 aromatic carbocycles. The molecule has 0 aromatic heterocycles. The second-order valence-corrected chi connectivity index (χ2v) is 9.51. The lowest BCUT2D eigenvalue weighted by atomic mass is 9.49. The number of ether oxygens (including phenoxy) is 1. The second-order valence-electron chi connectivity index (χ2n) is 9.51. The van der Waals surface area contributed by atoms with Crippen molar-refractivity contribution in [2.45, 2.75) is 48.8 Å². The van der Waals surface area contributed by atoms with Gasteiger partial charge in [-0.05, 0) is 49.4 Å². The summed E-state index contributed by atoms with van der Waals surface area (Å²) in [5.74, 6) is 0.248. The van der Waals surface area contributed by atoms with Gasteiger partial charge in [0.15, 0.2) is 17.6 Å². The number of hydrogen-bond acceptors (Lipinski definition) is 6. The van der Waals surface area contributed by atoms with Crippen LogP contribution in [0.15, 0.2) is 60.2 Å². The summed E-state index contributed by atoms with van der Waals surface area (Å²) in [6.45, 7) is 5.40. The van der Waals surface area contributed by atoms with Crippen molar-refractivity contribution in [3.8, 4) is 11.5 Å². The molecular formula is C26H27N3O4. The molecule has 0 unspecified atom stereocenters. The molecule has 3 N–H and O–H groups in total. The third kappa shape index (κ3) is 2.63. The maximum absolute atomic E-state index is 12.6. The van der Waals surface area contributed by atoms with Gasteiger partial charge in [0, 0.05) is 30.3 Å². The number of nitrogens with zero attached hydrogens (tertiary/aromatic N) is 2. The van der Waals surface area contributed by atoms with Crippen LogP contribution in [-0.4, -0.2) is 57.6 Å². The number of hydrogen-bond donors (Lipinski definition) is 3. The first-order valence-corrected chi connectivity index (χ1v) is 11.5. The minimum atomic E-state index is -1.02. The Bertz CT molecular complexity index is 1180. The van der Waals surface area contributed by atoms with Gasteiger partial charge < -0.3 is 14.9 Å². The highest BCUT2D eigenvalue weighted by molar-refractivity contribution is 5.98. The van der Waals surface area contributed by atoms with Crippen LogP contribution in [0, 0.1) is 0 Å². The van der Waals surface area contributed by atoms with Gasteiger partial charge in [0.25, 0.3) is 5.91 Å². The Balaban J connectivity index is 1.43. The third-order valence-corrected chi connectivity index (χ3v) is 8.09. The Hall–Kier alpha value is -3.16. The number of benzene rings is 2. The van der Waals surface area contributed by atoms with Gasteiger partial charge in [-0.2, -0.15) is 5.10 Å². The van der Waals surface area contributed by atoms with Crippen molar-refractivity contribution in [1.29, 1.82) is 0 Å². The minimum Gasteiger partial charge on any atom is -0.504 e. The van der Waals surface area contributed by atoms with Gasteiger partial charge in [0.05, 0.1) is 16.7 Å². The highest BCUT2D eigenvalue weighted by atomic mass is 16.5. The molecule has 1 saturated heterocycles. The van der Waals surface area contributed by atoms with Crippen molar-refractivity contribution in [3.05, 3.63) is 71.8 Å². The molecule has 7 heteroatoms. The van der Waals surface area contributed by atoms with Crippen LogP contribution in [0.25, 0.3) is 0 Å². The van der Waals surface area contributed by atoms with Gasteiger partial charge in [-0.25, -0.2) is 5.43 Å². The quantitative estimate of drug-likeness (QED) is 0.497. The Morgan fingerprint density at radius 1 is 1.27 bits per heavy atom. The number of hydrazone groups is 1. The van der Waals surface area contributed by atoms with Crippen LogP contribution < -0.4 is 10.2 Å². The van der Waals surface area contributed by atoms with Gasteiger partial charge in [-0.3, -0.25) is 9.69 Å². The van der Waals surface area contributed by atoms with Crippen molar-refractivity contribution >= 4 is 11.6 Å². The van der Waals surface area contributed by atoms with Crippen molar-refractivity contribution in [1.82, 2.24) is 10.3 Å². The van der Waals surface area contributed by atoms with Crippen LogP contribution in [0.4, 0.5) is 0 Å². The molecule has 170 valence electrons. The number of phenolic OH excluding ortho intramolecular Hbond substituents is 1. The summed E-state index contributed by atoms with van der Waals surface area (Å²) in [5, 5.41) is 27.4. The SMILES string of the molecule is C=CCN1CC[C@]23c4c5ccc(O)c4O[C@H]2/C(=N\NC(=O)c2ccccc2)CC[C@@]3(O)[C@H]1C5. The van der Waals surface area contributed by atoms with E-state index in [0.29, 0.717) is 49.3 Å². The topological polar surface area (TPSA) is 94.4 Å². The molecule has 1 amide bonds. The van der Waals surface area contributed by atoms with Crippen LogP contribution in [0.2, 0.25) is 0 Å². The largest absolute Gasteiger partial charge is 0.504 e. The maximum atomic E-state index is 12.6. The smallest absolute Gasteiger partial charge is 0.271 e. The number of likely N-dealkylation sites (tertiary alicyclic amines) is 1. The van der Waals surface area contributed by atoms with Gasteiger partial charge in [0.1, 0.15) is 0 Å². The number of carbonyl (C=O) groups excluding carboxylic acids is 1. The number of aromatic hydroxyl groups is 1. The zero-order valence-electron chi connectivity index (χ0n) is 18.3. The summed E-state index contributed by atoms with van der Waals surface area (Å²) < 4.78 is 6.39. The molecule has 2 bridgehead atoms. The lowest BCUT2D eigenvalue weighted by molar-refractivity contribution is -0.163. The molecule has 4 atom stereocenters. The van der Waals surface area contributed by atoms with Gasteiger partial charge >= 0.3 is 0 Å². The first-order chi connectivity index (χ1) is 16.0. The lowest BCUT2D eigenvalue weighted by Gasteiger charge is -2.62. The van der Waals surface area contributed by atoms with E-state index in [9.17, 15) is 15.0 Å². The summed E-state index contributed by atoms with van der Waals surface area (Å²) in [7, 11) is 0. The number of piperidine rings is 1. The first-order valence-electron chi connectivity index (χ1n) is 11.5. The highest BCUT2D eigenvalue weighted by Crippen LogP contribution is 2.64. The van der Waals surface area contributed by atoms with Gasteiger partial charge in [-0.15, -0.1) is 6.58 Å². The fourth-order valence-corrected chi connectivity index (χ4v) is 6.71. The second kappa shape index (κ2) is 7.17. The molecule has 33 heavy (non-hydrogen) atoms. The maximum Gasteiger partial charge on any atom is 0.271 e. The monoisotopic (exact) mass is 445 g/mol. The molecule has 7 nitrogen and oxygen atoms in total. The molecule has 2 fully saturated rings. The molecule has 1 saturated carbocycles. The molecule has 2 aliphatic heterocycles. The van der Waals surface area contributed by atoms with Crippen molar-refractivity contribution in [3.63, 3.8) is 0 Å². The number of amides is 1. The van der Waals surface area contributed by atoms with Crippen molar-refractivity contribution < 1.29 is 19.7 Å². The number of carbonyl (C=O) groups is 1. The lowest BCUT2D eigenvalue weighted by Crippen LogP contribution is -2.76. The standard InChI is InChI=1S/C26H27N3O4/c1-2-13-29-14-12-25-21-17-8-9-19(30)22(21)33-23(25)18(10-11-26(25,32)20(29)15-17)27-28-24(31)16-6-4-3-5-7-16/h2-9,20,23,30,32H,1,10-15H2,(H,28,31)/b27-18-/t20-,23+,25+,26-/m1/s1. The van der Waals surface area contributed by atoms with Crippen molar-refractivity contribution in [2.24, 2.45) is 5.10 Å². The zero-order chi connectivity index (χ0) is 22.8. The van der Waals surface area contributed by atoms with Crippen LogP contribution in [0.5, 0.6) is 11.5 Å². The molecule has 0 radical (unpaired) electrons. The molecular weight excluding hydrogens is 418 g/mol. The fourth-order valence-electron chi connectivity index (χ4n) is 6.71. The fraction of sp³-hybridized carbons (Fsp3) is 0.385. The summed E-state index contributed by atoms with van der Waals surface area (Å²) in [6.07, 6.45) is 3.73. The van der Waals surface area contributed by atoms with E-state index >= 15 is 0 Å². The summed E-state index contributed by atoms with van der Waals surface area (Å²) in [5.41, 5.74) is 4.21. The summed E-state index contributed by atoms with van der Waals surface area (Å²) in [4.78, 5) is 14.9. The number of phenols is 1. The Morgan fingerprint density at radius 2 is 2.09 bits per heavy atom. The van der Waals surface area contributed by atoms with E-state index in [1.165, 1.54) is 0 Å². The van der Waals surface area contributed by atoms with E-state index in [4.69, 9.17) is 4.74 Å². The number of aliphatic hydroxyl groups is 1. The molecule has 1 spiro atoms. The summed E-state index contributed by atoms with van der Waals surface area (Å²) in [6, 6.07) is 12.5. The van der Waals surface area contributed by atoms with E-state index < -0.39 is 17.1 Å². The van der Waals surface area contributed by atoms with E-state index in [1.54, 1.807) is 18.2 Å². The van der Waals surface area contributed by atoms with E-state index in [1.807, 2.05) is 30.3 Å². The Labute approximate surface area is 192 Å². The van der Waals surface area contributed by atoms with Crippen LogP contribution in [0.3, 0.4) is 0 Å².